The van der Waals surface area contributed by atoms with Crippen molar-refractivity contribution in [3.05, 3.63) is 0 Å². The van der Waals surface area contributed by atoms with Crippen LogP contribution in [0.1, 0.15) is 0 Å². The second kappa shape index (κ2) is 0.759. The summed E-state index contributed by atoms with van der Waals surface area (Å²) in [6.07, 6.45) is 0. The molecule has 0 aromatic heterocycles. The lowest BCUT2D eigenvalue weighted by Gasteiger charge is -2.07. The molecule has 3 atom stereocenters. The van der Waals surface area contributed by atoms with Gasteiger partial charge in [0.25, 0.3) is 11.6 Å². The number of hydrogen-bond acceptors (Lipinski definition) is 6. The number of epoxide rings is 5. The Morgan fingerprint density at radius 3 is 1.92 bits per heavy atom. The van der Waals surface area contributed by atoms with Crippen LogP contribution in [0.4, 0.5) is 0 Å². The quantitative estimate of drug-likeness (QED) is 0.416. The number of ether oxygens (including phenoxy) is 6. The molecule has 6 heteroatoms. The summed E-state index contributed by atoms with van der Waals surface area (Å²) in [5.74, 6) is -3.33. The van der Waals surface area contributed by atoms with E-state index in [1.54, 1.807) is 0 Å². The third-order valence-electron chi connectivity index (χ3n) is 3.44. The molecule has 6 aliphatic heterocycles. The molecule has 6 fully saturated rings. The highest BCUT2D eigenvalue weighted by molar-refractivity contribution is 5.46. The molecule has 3 unspecified atom stereocenters. The van der Waals surface area contributed by atoms with Crippen LogP contribution in [0.25, 0.3) is 0 Å². The van der Waals surface area contributed by atoms with E-state index in [1.807, 2.05) is 0 Å². The molecule has 0 amide bonds. The molecule has 0 radical (unpaired) electrons. The molecule has 0 aromatic rings. The Morgan fingerprint density at radius 1 is 0.750 bits per heavy atom. The standard InChI is InChI=1S/C6H2O6/c1-2(7-1)3(8-2)4(9-3)5-6(10-4,11-5)12-5/h1H2. The smallest absolute Gasteiger partial charge is 0.337 e. The molecular formula is C6H2O6. The van der Waals surface area contributed by atoms with Crippen LogP contribution < -0.4 is 0 Å². The van der Waals surface area contributed by atoms with Gasteiger partial charge in [-0.1, -0.05) is 0 Å². The van der Waals surface area contributed by atoms with E-state index in [2.05, 4.69) is 0 Å². The molecule has 3 spiro atoms. The van der Waals surface area contributed by atoms with E-state index in [0.29, 0.717) is 6.61 Å². The normalized spacial score (nSPS) is 94.0. The first kappa shape index (κ1) is 4.85. The van der Waals surface area contributed by atoms with Crippen LogP contribution in [0.5, 0.6) is 0 Å². The molecule has 6 saturated heterocycles. The van der Waals surface area contributed by atoms with Gasteiger partial charge in [-0.05, 0) is 0 Å². The first-order valence-electron chi connectivity index (χ1n) is 3.89. The Kier molecular flexibility index (Phi) is 0.306. The molecular weight excluding hydrogens is 168 g/mol. The zero-order chi connectivity index (χ0) is 7.45. The molecule has 6 aliphatic rings. The van der Waals surface area contributed by atoms with E-state index in [0.717, 1.165) is 0 Å². The monoisotopic (exact) mass is 170 g/mol. The highest BCUT2D eigenvalue weighted by Gasteiger charge is 3.26. The topological polar surface area (TPSA) is 71.9 Å². The highest BCUT2D eigenvalue weighted by atomic mass is 17.3. The van der Waals surface area contributed by atoms with Crippen LogP contribution >= 0.6 is 0 Å². The summed E-state index contributed by atoms with van der Waals surface area (Å²) in [6, 6.07) is 0. The average molecular weight is 170 g/mol. The lowest BCUT2D eigenvalue weighted by Crippen LogP contribution is -2.41. The SMILES string of the molecule is C1OC12OC21OC12OC13OC12O3. The van der Waals surface area contributed by atoms with Crippen LogP contribution in [-0.2, 0) is 28.4 Å². The summed E-state index contributed by atoms with van der Waals surface area (Å²) in [4.78, 5) is 0. The summed E-state index contributed by atoms with van der Waals surface area (Å²) >= 11 is 0. The maximum absolute atomic E-state index is 5.39. The lowest BCUT2D eigenvalue weighted by atomic mass is 10.1. The Labute approximate surface area is 65.2 Å². The Hall–Kier alpha value is -0.240. The third-order valence-corrected chi connectivity index (χ3v) is 3.44. The van der Waals surface area contributed by atoms with Gasteiger partial charge in [-0.25, -0.2) is 0 Å². The zero-order valence-electron chi connectivity index (χ0n) is 5.66. The molecule has 0 N–H and O–H groups in total. The highest BCUT2D eigenvalue weighted by Crippen LogP contribution is 2.96. The summed E-state index contributed by atoms with van der Waals surface area (Å²) in [7, 11) is 0. The summed E-state index contributed by atoms with van der Waals surface area (Å²) in [6.45, 7) is 0.585. The first-order chi connectivity index (χ1) is 5.74. The predicted octanol–water partition coefficient (Wildman–Crippen LogP) is -1.39. The van der Waals surface area contributed by atoms with Crippen LogP contribution in [-0.4, -0.2) is 35.7 Å². The Morgan fingerprint density at radius 2 is 1.50 bits per heavy atom. The zero-order valence-corrected chi connectivity index (χ0v) is 5.66. The van der Waals surface area contributed by atoms with Crippen molar-refractivity contribution in [1.82, 2.24) is 0 Å². The number of fused-ring (bicyclic) bond motifs is 2. The van der Waals surface area contributed by atoms with E-state index >= 15 is 0 Å². The first-order valence-corrected chi connectivity index (χ1v) is 3.89. The molecule has 0 aromatic carbocycles. The van der Waals surface area contributed by atoms with Crippen molar-refractivity contribution in [2.45, 2.75) is 29.1 Å². The second-order valence-electron chi connectivity index (χ2n) is 3.96. The molecule has 6 nitrogen and oxygen atoms in total. The third kappa shape index (κ3) is 0.190. The lowest BCUT2D eigenvalue weighted by molar-refractivity contribution is -0.166. The molecule has 6 heterocycles. The minimum Gasteiger partial charge on any atom is -0.337 e. The fourth-order valence-corrected chi connectivity index (χ4v) is 2.48. The molecule has 0 aliphatic carbocycles. The minimum atomic E-state index is -0.781. The summed E-state index contributed by atoms with van der Waals surface area (Å²) < 4.78 is 31.5. The molecule has 6 rings (SSSR count). The maximum atomic E-state index is 5.39. The largest absolute Gasteiger partial charge is 0.355 e. The second-order valence-corrected chi connectivity index (χ2v) is 3.96. The Balaban J connectivity index is 1.58. The summed E-state index contributed by atoms with van der Waals surface area (Å²) in [5.41, 5.74) is 0. The van der Waals surface area contributed by atoms with Crippen molar-refractivity contribution in [2.75, 3.05) is 6.61 Å². The van der Waals surface area contributed by atoms with Gasteiger partial charge in [-0.15, -0.1) is 0 Å². The average Bonchev–Trinajstić information content (AvgIpc) is 2.70. The van der Waals surface area contributed by atoms with Gasteiger partial charge in [0.1, 0.15) is 6.61 Å². The van der Waals surface area contributed by atoms with Crippen molar-refractivity contribution in [2.24, 2.45) is 0 Å². The molecule has 62 valence electrons. The van der Waals surface area contributed by atoms with Crippen molar-refractivity contribution < 1.29 is 28.4 Å². The van der Waals surface area contributed by atoms with Gasteiger partial charge in [0.05, 0.1) is 0 Å². The maximum Gasteiger partial charge on any atom is 0.355 e. The van der Waals surface area contributed by atoms with Crippen molar-refractivity contribution >= 4 is 0 Å². The molecule has 0 bridgehead atoms. The fourth-order valence-electron chi connectivity index (χ4n) is 2.48. The fraction of sp³-hybridized carbons (Fsp3) is 1.00. The number of rotatable bonds is 0. The van der Waals surface area contributed by atoms with Crippen molar-refractivity contribution in [1.29, 1.82) is 0 Å². The van der Waals surface area contributed by atoms with Crippen LogP contribution in [0.3, 0.4) is 0 Å². The van der Waals surface area contributed by atoms with Gasteiger partial charge in [0.15, 0.2) is 0 Å². The van der Waals surface area contributed by atoms with Gasteiger partial charge >= 0.3 is 17.5 Å². The van der Waals surface area contributed by atoms with Crippen LogP contribution in [0, 0.1) is 0 Å². The minimum absolute atomic E-state index is 0.508. The molecule has 0 saturated carbocycles. The Bertz CT molecular complexity index is 381. The van der Waals surface area contributed by atoms with E-state index in [1.165, 1.54) is 0 Å². The van der Waals surface area contributed by atoms with Crippen molar-refractivity contribution in [3.8, 4) is 0 Å². The van der Waals surface area contributed by atoms with Gasteiger partial charge in [-0.2, -0.15) is 0 Å². The van der Waals surface area contributed by atoms with Crippen LogP contribution in [0.15, 0.2) is 0 Å². The summed E-state index contributed by atoms with van der Waals surface area (Å²) in [5, 5.41) is 0. The van der Waals surface area contributed by atoms with Gasteiger partial charge in [0.2, 0.25) is 0 Å². The van der Waals surface area contributed by atoms with Crippen LogP contribution in [0.2, 0.25) is 0 Å². The van der Waals surface area contributed by atoms with E-state index in [9.17, 15) is 0 Å². The predicted molar refractivity (Wildman–Crippen MR) is 25.0 cm³/mol. The van der Waals surface area contributed by atoms with E-state index in [4.69, 9.17) is 28.4 Å². The van der Waals surface area contributed by atoms with Gasteiger partial charge < -0.3 is 9.47 Å². The van der Waals surface area contributed by atoms with E-state index < -0.39 is 29.1 Å². The van der Waals surface area contributed by atoms with Gasteiger partial charge in [-0.3, -0.25) is 18.9 Å². The number of hydrogen-bond donors (Lipinski definition) is 0. The molecule has 12 heavy (non-hydrogen) atoms. The van der Waals surface area contributed by atoms with E-state index in [-0.39, 0.29) is 0 Å². The van der Waals surface area contributed by atoms with Gasteiger partial charge in [0, 0.05) is 0 Å². The van der Waals surface area contributed by atoms with Crippen molar-refractivity contribution in [3.63, 3.8) is 0 Å².